The molecule has 0 unspecified atom stereocenters. The van der Waals surface area contributed by atoms with Gasteiger partial charge in [-0.05, 0) is 56.5 Å². The van der Waals surface area contributed by atoms with Gasteiger partial charge in [0.15, 0.2) is 0 Å². The van der Waals surface area contributed by atoms with E-state index < -0.39 is 16.6 Å². The number of carbonyl (C=O) groups is 1. The molecule has 0 aliphatic heterocycles. The Labute approximate surface area is 239 Å². The molecule has 212 valence electrons. The Morgan fingerprint density at radius 2 is 1.54 bits per heavy atom. The van der Waals surface area contributed by atoms with E-state index in [1.54, 1.807) is 40.0 Å². The number of carbonyl (C=O) groups excluding carboxylic acids is 1. The summed E-state index contributed by atoms with van der Waals surface area (Å²) in [5.41, 5.74) is 3.01. The van der Waals surface area contributed by atoms with Crippen LogP contribution in [-0.2, 0) is 17.8 Å². The summed E-state index contributed by atoms with van der Waals surface area (Å²) >= 11 is 0. The maximum Gasteiger partial charge on any atom is 0.414 e. The number of rotatable bonds is 9. The van der Waals surface area contributed by atoms with Crippen molar-refractivity contribution >= 4 is 34.8 Å². The van der Waals surface area contributed by atoms with Crippen LogP contribution in [0.5, 0.6) is 0 Å². The normalized spacial score (nSPS) is 11.0. The van der Waals surface area contributed by atoms with E-state index in [-0.39, 0.29) is 17.3 Å². The number of amides is 1. The van der Waals surface area contributed by atoms with Crippen molar-refractivity contribution in [1.82, 2.24) is 9.97 Å². The molecule has 1 heterocycles. The number of aryl methyl sites for hydroxylation is 1. The van der Waals surface area contributed by atoms with Gasteiger partial charge in [0, 0.05) is 25.8 Å². The third-order valence-electron chi connectivity index (χ3n) is 6.22. The second-order valence-corrected chi connectivity index (χ2v) is 10.6. The highest BCUT2D eigenvalue weighted by atomic mass is 16.6. The van der Waals surface area contributed by atoms with Crippen LogP contribution in [0.4, 0.5) is 33.5 Å². The van der Waals surface area contributed by atoms with Gasteiger partial charge in [-0.25, -0.2) is 14.8 Å². The molecule has 10 heteroatoms. The van der Waals surface area contributed by atoms with E-state index in [4.69, 9.17) is 4.74 Å². The number of hydrogen-bond acceptors (Lipinski definition) is 8. The molecule has 0 atom stereocenters. The van der Waals surface area contributed by atoms with Crippen molar-refractivity contribution in [2.45, 2.75) is 46.4 Å². The molecule has 4 aromatic rings. The number of nitrogens with one attached hydrogen (secondary N) is 1. The lowest BCUT2D eigenvalue weighted by Gasteiger charge is -2.26. The predicted octanol–water partition coefficient (Wildman–Crippen LogP) is 7.01. The quantitative estimate of drug-likeness (QED) is 0.173. The Kier molecular flexibility index (Phi) is 8.81. The first-order chi connectivity index (χ1) is 19.5. The molecule has 0 aliphatic rings. The number of aromatic nitrogens is 2. The van der Waals surface area contributed by atoms with Gasteiger partial charge in [0.25, 0.3) is 0 Å². The van der Waals surface area contributed by atoms with Crippen LogP contribution in [0.25, 0.3) is 0 Å². The van der Waals surface area contributed by atoms with E-state index in [1.165, 1.54) is 11.2 Å². The lowest BCUT2D eigenvalue weighted by molar-refractivity contribution is -0.383. The van der Waals surface area contributed by atoms with Crippen LogP contribution in [0.15, 0.2) is 85.2 Å². The van der Waals surface area contributed by atoms with Crippen molar-refractivity contribution < 1.29 is 14.5 Å². The summed E-state index contributed by atoms with van der Waals surface area (Å²) in [6, 6.07) is 24.8. The summed E-state index contributed by atoms with van der Waals surface area (Å²) in [5, 5.41) is 15.6. The molecule has 4 rings (SSSR count). The topological polar surface area (TPSA) is 114 Å². The molecule has 0 spiro atoms. The molecular formula is C31H34N6O4. The molecule has 41 heavy (non-hydrogen) atoms. The van der Waals surface area contributed by atoms with Gasteiger partial charge in [-0.1, -0.05) is 66.7 Å². The average molecular weight is 555 g/mol. The Morgan fingerprint density at radius 3 is 2.07 bits per heavy atom. The van der Waals surface area contributed by atoms with Crippen molar-refractivity contribution in [1.29, 1.82) is 0 Å². The predicted molar refractivity (Wildman–Crippen MR) is 161 cm³/mol. The summed E-state index contributed by atoms with van der Waals surface area (Å²) in [6.45, 7) is 8.08. The summed E-state index contributed by atoms with van der Waals surface area (Å²) in [4.78, 5) is 36.6. The molecule has 1 N–H and O–H groups in total. The highest BCUT2D eigenvalue weighted by molar-refractivity contribution is 5.89. The fourth-order valence-electron chi connectivity index (χ4n) is 4.29. The first-order valence-electron chi connectivity index (χ1n) is 13.2. The second-order valence-electron chi connectivity index (χ2n) is 10.6. The lowest BCUT2D eigenvalue weighted by Crippen LogP contribution is -2.34. The van der Waals surface area contributed by atoms with Crippen molar-refractivity contribution in [2.24, 2.45) is 0 Å². The summed E-state index contributed by atoms with van der Waals surface area (Å²) in [7, 11) is 1.62. The average Bonchev–Trinajstić information content (AvgIpc) is 2.93. The maximum absolute atomic E-state index is 12.7. The van der Waals surface area contributed by atoms with E-state index in [9.17, 15) is 14.9 Å². The minimum Gasteiger partial charge on any atom is -0.443 e. The summed E-state index contributed by atoms with van der Waals surface area (Å²) < 4.78 is 5.51. The fraction of sp³-hybridized carbons (Fsp3) is 0.258. The third-order valence-corrected chi connectivity index (χ3v) is 6.22. The number of nitro groups is 1. The largest absolute Gasteiger partial charge is 0.443 e. The Bertz CT molecular complexity index is 1470. The number of ether oxygens (including phenoxy) is 1. The van der Waals surface area contributed by atoms with Crippen molar-refractivity contribution in [2.75, 3.05) is 22.2 Å². The number of benzene rings is 3. The first kappa shape index (κ1) is 29.0. The standard InChI is InChI=1S/C31H34N6O4/c1-22-16-17-25(18-26(22)35(5)30(38)41-31(2,3)4)34-28-27(37(39)40)29(33-21-32-28)36(19-23-12-8-6-9-13-23)20-24-14-10-7-11-15-24/h6-18,21H,19-20H2,1-5H3,(H,32,33,34). The van der Waals surface area contributed by atoms with Gasteiger partial charge in [-0.15, -0.1) is 0 Å². The van der Waals surface area contributed by atoms with E-state index in [0.29, 0.717) is 24.5 Å². The number of hydrogen-bond donors (Lipinski definition) is 1. The summed E-state index contributed by atoms with van der Waals surface area (Å²) in [5.74, 6) is 0.235. The molecule has 3 aromatic carbocycles. The van der Waals surface area contributed by atoms with E-state index in [1.807, 2.05) is 78.6 Å². The first-order valence-corrected chi connectivity index (χ1v) is 13.2. The Morgan fingerprint density at radius 1 is 0.951 bits per heavy atom. The van der Waals surface area contributed by atoms with Crippen LogP contribution in [0, 0.1) is 17.0 Å². The molecule has 1 aromatic heterocycles. The molecule has 0 aliphatic carbocycles. The molecule has 0 saturated heterocycles. The van der Waals surface area contributed by atoms with Crippen molar-refractivity contribution in [3.63, 3.8) is 0 Å². The highest BCUT2D eigenvalue weighted by Gasteiger charge is 2.28. The van der Waals surface area contributed by atoms with E-state index in [2.05, 4.69) is 15.3 Å². The van der Waals surface area contributed by atoms with Crippen molar-refractivity contribution in [3.8, 4) is 0 Å². The molecule has 0 saturated carbocycles. The number of nitrogens with zero attached hydrogens (tertiary/aromatic N) is 5. The van der Waals surface area contributed by atoms with Crippen molar-refractivity contribution in [3.05, 3.63) is 112 Å². The van der Waals surface area contributed by atoms with Crippen LogP contribution in [-0.4, -0.2) is 33.6 Å². The molecule has 0 fully saturated rings. The zero-order valence-electron chi connectivity index (χ0n) is 23.9. The van der Waals surface area contributed by atoms with Crippen LogP contribution < -0.4 is 15.1 Å². The maximum atomic E-state index is 12.7. The summed E-state index contributed by atoms with van der Waals surface area (Å²) in [6.07, 6.45) is 0.806. The van der Waals surface area contributed by atoms with Crippen LogP contribution in [0.2, 0.25) is 0 Å². The Balaban J connectivity index is 1.71. The zero-order valence-corrected chi connectivity index (χ0v) is 23.9. The van der Waals surface area contributed by atoms with E-state index in [0.717, 1.165) is 16.7 Å². The second kappa shape index (κ2) is 12.5. The van der Waals surface area contributed by atoms with Gasteiger partial charge in [0.05, 0.1) is 10.6 Å². The molecule has 0 bridgehead atoms. The fourth-order valence-corrected chi connectivity index (χ4v) is 4.29. The van der Waals surface area contributed by atoms with Crippen LogP contribution in [0.3, 0.4) is 0 Å². The smallest absolute Gasteiger partial charge is 0.414 e. The molecule has 10 nitrogen and oxygen atoms in total. The minimum absolute atomic E-state index is 0.0425. The Hall–Kier alpha value is -4.99. The highest BCUT2D eigenvalue weighted by Crippen LogP contribution is 2.36. The van der Waals surface area contributed by atoms with Gasteiger partial charge >= 0.3 is 11.8 Å². The molecular weight excluding hydrogens is 520 g/mol. The van der Waals surface area contributed by atoms with Crippen LogP contribution >= 0.6 is 0 Å². The lowest BCUT2D eigenvalue weighted by atomic mass is 10.1. The van der Waals surface area contributed by atoms with E-state index >= 15 is 0 Å². The van der Waals surface area contributed by atoms with Gasteiger partial charge in [-0.3, -0.25) is 15.0 Å². The number of anilines is 4. The molecule has 0 radical (unpaired) electrons. The van der Waals surface area contributed by atoms with Gasteiger partial charge < -0.3 is 15.0 Å². The molecule has 1 amide bonds. The monoisotopic (exact) mass is 554 g/mol. The van der Waals surface area contributed by atoms with Crippen LogP contribution in [0.1, 0.15) is 37.5 Å². The SMILES string of the molecule is Cc1ccc(Nc2ncnc(N(Cc3ccccc3)Cc3ccccc3)c2[N+](=O)[O-])cc1N(C)C(=O)OC(C)(C)C. The third kappa shape index (κ3) is 7.57. The van der Waals surface area contributed by atoms with Gasteiger partial charge in [0.1, 0.15) is 11.9 Å². The van der Waals surface area contributed by atoms with Gasteiger partial charge in [-0.2, -0.15) is 0 Å². The zero-order chi connectivity index (χ0) is 29.6. The minimum atomic E-state index is -0.654. The van der Waals surface area contributed by atoms with Gasteiger partial charge in [0.2, 0.25) is 11.6 Å².